The van der Waals surface area contributed by atoms with Crippen molar-refractivity contribution in [2.75, 3.05) is 26.2 Å². The van der Waals surface area contributed by atoms with Crippen LogP contribution in [0.15, 0.2) is 47.0 Å². The number of hydrogen-bond acceptors (Lipinski definition) is 5. The van der Waals surface area contributed by atoms with Crippen molar-refractivity contribution in [3.05, 3.63) is 82.0 Å². The molecule has 32 heavy (non-hydrogen) atoms. The van der Waals surface area contributed by atoms with Crippen molar-refractivity contribution < 1.29 is 18.4 Å². The molecule has 0 saturated carbocycles. The zero-order chi connectivity index (χ0) is 22.7. The molecule has 2 heterocycles. The first-order valence-corrected chi connectivity index (χ1v) is 10.8. The number of carbonyl (C=O) groups excluding carboxylic acids is 1. The highest BCUT2D eigenvalue weighted by Gasteiger charge is 2.28. The molecule has 1 aromatic heterocycles. The average molecular weight is 438 g/mol. The number of benzene rings is 2. The monoisotopic (exact) mass is 437 g/mol. The summed E-state index contributed by atoms with van der Waals surface area (Å²) in [6.07, 6.45) is 0. The van der Waals surface area contributed by atoms with Crippen molar-refractivity contribution in [2.45, 2.75) is 33.9 Å². The molecule has 1 aliphatic heterocycles. The van der Waals surface area contributed by atoms with Crippen LogP contribution in [0.5, 0.6) is 5.75 Å². The highest BCUT2D eigenvalue weighted by Crippen LogP contribution is 2.22. The van der Waals surface area contributed by atoms with Crippen molar-refractivity contribution in [1.82, 2.24) is 15.0 Å². The van der Waals surface area contributed by atoms with E-state index in [1.165, 1.54) is 11.6 Å². The number of amides is 1. The van der Waals surface area contributed by atoms with E-state index in [0.717, 1.165) is 16.9 Å². The molecule has 1 saturated heterocycles. The first-order chi connectivity index (χ1) is 15.4. The van der Waals surface area contributed by atoms with Gasteiger partial charge in [-0.3, -0.25) is 9.69 Å². The SMILES string of the molecule is Cc1ccc(OCc2c(C(=O)N3CCN(Cc4cccc(F)c4)CC3)noc2C)cc1C. The second-order valence-corrected chi connectivity index (χ2v) is 8.30. The molecule has 0 aliphatic carbocycles. The predicted molar refractivity (Wildman–Crippen MR) is 119 cm³/mol. The van der Waals surface area contributed by atoms with Crippen LogP contribution in [-0.2, 0) is 13.2 Å². The molecule has 0 bridgehead atoms. The third-order valence-electron chi connectivity index (χ3n) is 6.00. The summed E-state index contributed by atoms with van der Waals surface area (Å²) in [6, 6.07) is 12.6. The van der Waals surface area contributed by atoms with Crippen LogP contribution in [0.4, 0.5) is 4.39 Å². The van der Waals surface area contributed by atoms with Crippen LogP contribution in [0.2, 0.25) is 0 Å². The third-order valence-corrected chi connectivity index (χ3v) is 6.00. The van der Waals surface area contributed by atoms with Gasteiger partial charge in [0.15, 0.2) is 5.69 Å². The second kappa shape index (κ2) is 9.53. The van der Waals surface area contributed by atoms with Gasteiger partial charge in [0, 0.05) is 32.7 Å². The minimum atomic E-state index is -0.228. The maximum atomic E-state index is 13.4. The van der Waals surface area contributed by atoms with E-state index in [0.29, 0.717) is 49.7 Å². The van der Waals surface area contributed by atoms with Gasteiger partial charge in [-0.05, 0) is 61.7 Å². The summed E-state index contributed by atoms with van der Waals surface area (Å²) < 4.78 is 24.7. The maximum Gasteiger partial charge on any atom is 0.276 e. The minimum Gasteiger partial charge on any atom is -0.489 e. The van der Waals surface area contributed by atoms with E-state index in [-0.39, 0.29) is 18.3 Å². The van der Waals surface area contributed by atoms with E-state index in [4.69, 9.17) is 9.26 Å². The van der Waals surface area contributed by atoms with Gasteiger partial charge in [0.05, 0.1) is 5.56 Å². The van der Waals surface area contributed by atoms with Gasteiger partial charge in [0.25, 0.3) is 5.91 Å². The summed E-state index contributed by atoms with van der Waals surface area (Å²) in [5, 5.41) is 4.03. The van der Waals surface area contributed by atoms with E-state index in [1.807, 2.05) is 31.2 Å². The summed E-state index contributed by atoms with van der Waals surface area (Å²) in [5.41, 5.74) is 4.27. The van der Waals surface area contributed by atoms with Crippen LogP contribution < -0.4 is 4.74 Å². The van der Waals surface area contributed by atoms with Gasteiger partial charge >= 0.3 is 0 Å². The summed E-state index contributed by atoms with van der Waals surface area (Å²) in [5.74, 6) is 0.958. The van der Waals surface area contributed by atoms with Crippen molar-refractivity contribution in [3.8, 4) is 5.75 Å². The predicted octanol–water partition coefficient (Wildman–Crippen LogP) is 4.28. The number of nitrogens with zero attached hydrogens (tertiary/aromatic N) is 3. The molecule has 1 aliphatic rings. The maximum absolute atomic E-state index is 13.4. The Balaban J connectivity index is 1.37. The third kappa shape index (κ3) is 4.99. The number of ether oxygens (including phenoxy) is 1. The summed E-state index contributed by atoms with van der Waals surface area (Å²) >= 11 is 0. The molecular weight excluding hydrogens is 409 g/mol. The average Bonchev–Trinajstić information content (AvgIpc) is 3.15. The standard InChI is InChI=1S/C25H28FN3O3/c1-17-7-8-22(13-18(17)2)31-16-23-19(3)32-27-24(23)25(30)29-11-9-28(10-12-29)15-20-5-4-6-21(26)14-20/h4-8,13-14H,9-12,15-16H2,1-3H3. The summed E-state index contributed by atoms with van der Waals surface area (Å²) in [7, 11) is 0. The molecule has 0 radical (unpaired) electrons. The Morgan fingerprint density at radius 1 is 1.06 bits per heavy atom. The summed E-state index contributed by atoms with van der Waals surface area (Å²) in [4.78, 5) is 17.1. The second-order valence-electron chi connectivity index (χ2n) is 8.30. The Bertz CT molecular complexity index is 1100. The topological polar surface area (TPSA) is 58.8 Å². The molecule has 0 unspecified atom stereocenters. The Morgan fingerprint density at radius 3 is 2.56 bits per heavy atom. The molecule has 7 heteroatoms. The largest absolute Gasteiger partial charge is 0.489 e. The quantitative estimate of drug-likeness (QED) is 0.576. The van der Waals surface area contributed by atoms with Gasteiger partial charge in [-0.15, -0.1) is 0 Å². The van der Waals surface area contributed by atoms with Gasteiger partial charge in [-0.1, -0.05) is 23.4 Å². The van der Waals surface area contributed by atoms with Crippen LogP contribution in [0.3, 0.4) is 0 Å². The first kappa shape index (κ1) is 22.0. The zero-order valence-electron chi connectivity index (χ0n) is 18.7. The number of aromatic nitrogens is 1. The fourth-order valence-corrected chi connectivity index (χ4v) is 3.84. The first-order valence-electron chi connectivity index (χ1n) is 10.8. The lowest BCUT2D eigenvalue weighted by Crippen LogP contribution is -2.48. The fraction of sp³-hybridized carbons (Fsp3) is 0.360. The molecule has 2 aromatic carbocycles. The molecule has 0 N–H and O–H groups in total. The lowest BCUT2D eigenvalue weighted by atomic mass is 10.1. The van der Waals surface area contributed by atoms with Crippen molar-refractivity contribution in [2.24, 2.45) is 0 Å². The molecule has 0 atom stereocenters. The van der Waals surface area contributed by atoms with Gasteiger partial charge < -0.3 is 14.2 Å². The van der Waals surface area contributed by atoms with E-state index >= 15 is 0 Å². The highest BCUT2D eigenvalue weighted by molar-refractivity contribution is 5.93. The Hall–Kier alpha value is -3.19. The lowest BCUT2D eigenvalue weighted by Gasteiger charge is -2.34. The number of piperazine rings is 1. The molecule has 3 aromatic rings. The molecule has 6 nitrogen and oxygen atoms in total. The smallest absolute Gasteiger partial charge is 0.276 e. The van der Waals surface area contributed by atoms with Gasteiger partial charge in [-0.25, -0.2) is 4.39 Å². The summed E-state index contributed by atoms with van der Waals surface area (Å²) in [6.45, 7) is 9.36. The fourth-order valence-electron chi connectivity index (χ4n) is 3.84. The number of hydrogen-bond donors (Lipinski definition) is 0. The van der Waals surface area contributed by atoms with Crippen LogP contribution in [0, 0.1) is 26.6 Å². The molecule has 4 rings (SSSR count). The molecule has 1 fully saturated rings. The Labute approximate surface area is 187 Å². The zero-order valence-corrected chi connectivity index (χ0v) is 18.7. The number of carbonyl (C=O) groups is 1. The number of rotatable bonds is 6. The van der Waals surface area contributed by atoms with E-state index in [1.54, 1.807) is 24.0 Å². The minimum absolute atomic E-state index is 0.147. The van der Waals surface area contributed by atoms with E-state index in [2.05, 4.69) is 17.0 Å². The normalized spacial score (nSPS) is 14.6. The highest BCUT2D eigenvalue weighted by atomic mass is 19.1. The van der Waals surface area contributed by atoms with Crippen LogP contribution >= 0.6 is 0 Å². The van der Waals surface area contributed by atoms with Crippen LogP contribution in [-0.4, -0.2) is 47.0 Å². The molecule has 0 spiro atoms. The lowest BCUT2D eigenvalue weighted by molar-refractivity contribution is 0.0616. The van der Waals surface area contributed by atoms with Crippen LogP contribution in [0.25, 0.3) is 0 Å². The van der Waals surface area contributed by atoms with Crippen molar-refractivity contribution in [3.63, 3.8) is 0 Å². The van der Waals surface area contributed by atoms with E-state index < -0.39 is 0 Å². The Kier molecular flexibility index (Phi) is 6.55. The van der Waals surface area contributed by atoms with Crippen LogP contribution in [0.1, 0.15) is 38.5 Å². The van der Waals surface area contributed by atoms with Gasteiger partial charge in [-0.2, -0.15) is 0 Å². The molecule has 1 amide bonds. The molecule has 168 valence electrons. The Morgan fingerprint density at radius 2 is 1.84 bits per heavy atom. The van der Waals surface area contributed by atoms with E-state index in [9.17, 15) is 9.18 Å². The molecular formula is C25H28FN3O3. The van der Waals surface area contributed by atoms with Crippen molar-refractivity contribution >= 4 is 5.91 Å². The van der Waals surface area contributed by atoms with Gasteiger partial charge in [0.1, 0.15) is 23.9 Å². The van der Waals surface area contributed by atoms with Crippen molar-refractivity contribution in [1.29, 1.82) is 0 Å². The number of aryl methyl sites for hydroxylation is 3. The van der Waals surface area contributed by atoms with Gasteiger partial charge in [0.2, 0.25) is 0 Å². The number of halogens is 1.